The van der Waals surface area contributed by atoms with Crippen molar-refractivity contribution in [3.63, 3.8) is 0 Å². The molecule has 0 unspecified atom stereocenters. The number of aromatic hydroxyl groups is 1. The van der Waals surface area contributed by atoms with Gasteiger partial charge in [0.2, 0.25) is 0 Å². The fourth-order valence-corrected chi connectivity index (χ4v) is 1.76. The van der Waals surface area contributed by atoms with E-state index in [0.717, 1.165) is 10.8 Å². The Balaban J connectivity index is 2.83. The summed E-state index contributed by atoms with van der Waals surface area (Å²) >= 11 is 0. The number of hydrogen-bond acceptors (Lipinski definition) is 3. The summed E-state index contributed by atoms with van der Waals surface area (Å²) < 4.78 is 0. The second kappa shape index (κ2) is 3.79. The van der Waals surface area contributed by atoms with Crippen LogP contribution in [0.3, 0.4) is 0 Å². The van der Waals surface area contributed by atoms with Gasteiger partial charge in [0.25, 0.3) is 0 Å². The van der Waals surface area contributed by atoms with Crippen molar-refractivity contribution in [2.75, 3.05) is 12.4 Å². The number of anilines is 1. The molecule has 0 fully saturated rings. The average Bonchev–Trinajstić information content (AvgIpc) is 2.28. The molecule has 0 saturated carbocycles. The summed E-state index contributed by atoms with van der Waals surface area (Å²) in [5.41, 5.74) is 1.20. The van der Waals surface area contributed by atoms with Crippen molar-refractivity contribution >= 4 is 16.5 Å². The Hall–Kier alpha value is -1.74. The lowest BCUT2D eigenvalue weighted by atomic mass is 10.0. The minimum Gasteiger partial charge on any atom is -0.505 e. The van der Waals surface area contributed by atoms with Gasteiger partial charge in [0.05, 0.1) is 12.3 Å². The van der Waals surface area contributed by atoms with Gasteiger partial charge in [-0.3, -0.25) is 0 Å². The molecule has 2 rings (SSSR count). The zero-order valence-corrected chi connectivity index (χ0v) is 8.49. The molecule has 0 aliphatic carbocycles. The first-order valence-electron chi connectivity index (χ1n) is 4.80. The molecule has 0 amide bonds. The van der Waals surface area contributed by atoms with Crippen LogP contribution in [0.1, 0.15) is 5.56 Å². The van der Waals surface area contributed by atoms with E-state index in [4.69, 9.17) is 0 Å². The van der Waals surface area contributed by atoms with E-state index >= 15 is 0 Å². The van der Waals surface area contributed by atoms with Crippen LogP contribution in [0.2, 0.25) is 0 Å². The van der Waals surface area contributed by atoms with Crippen LogP contribution in [0.4, 0.5) is 5.69 Å². The van der Waals surface area contributed by atoms with Crippen molar-refractivity contribution in [3.05, 3.63) is 35.9 Å². The summed E-state index contributed by atoms with van der Waals surface area (Å²) in [6.07, 6.45) is 0. The number of fused-ring (bicyclic) bond motifs is 1. The van der Waals surface area contributed by atoms with Crippen LogP contribution in [-0.2, 0) is 6.61 Å². The highest BCUT2D eigenvalue weighted by Crippen LogP contribution is 2.34. The molecule has 0 saturated heterocycles. The van der Waals surface area contributed by atoms with Crippen LogP contribution in [0.25, 0.3) is 10.8 Å². The number of hydrogen-bond donors (Lipinski definition) is 3. The molecule has 0 radical (unpaired) electrons. The first-order chi connectivity index (χ1) is 7.27. The second-order valence-electron chi connectivity index (χ2n) is 3.38. The minimum absolute atomic E-state index is 0.124. The van der Waals surface area contributed by atoms with Gasteiger partial charge in [0.1, 0.15) is 5.75 Å². The quantitative estimate of drug-likeness (QED) is 0.655. The third-order valence-corrected chi connectivity index (χ3v) is 2.55. The summed E-state index contributed by atoms with van der Waals surface area (Å²) in [5.74, 6) is 0.124. The van der Waals surface area contributed by atoms with Crippen LogP contribution in [-0.4, -0.2) is 17.3 Å². The number of benzene rings is 2. The van der Waals surface area contributed by atoms with Crippen molar-refractivity contribution in [1.82, 2.24) is 0 Å². The molecular formula is C12H13NO2. The number of aliphatic hydroxyl groups is 1. The summed E-state index contributed by atoms with van der Waals surface area (Å²) in [4.78, 5) is 0. The van der Waals surface area contributed by atoms with E-state index in [0.29, 0.717) is 11.3 Å². The Morgan fingerprint density at radius 1 is 1.27 bits per heavy atom. The maximum absolute atomic E-state index is 9.86. The minimum atomic E-state index is -0.165. The SMILES string of the molecule is CNc1cc2ccccc2c(CO)c1O. The summed E-state index contributed by atoms with van der Waals surface area (Å²) in [6.45, 7) is -0.165. The van der Waals surface area contributed by atoms with Gasteiger partial charge in [-0.2, -0.15) is 0 Å². The fourth-order valence-electron chi connectivity index (χ4n) is 1.76. The van der Waals surface area contributed by atoms with Crippen molar-refractivity contribution < 1.29 is 10.2 Å². The zero-order chi connectivity index (χ0) is 10.8. The molecule has 0 heterocycles. The van der Waals surface area contributed by atoms with E-state index in [1.54, 1.807) is 7.05 Å². The maximum Gasteiger partial charge on any atom is 0.144 e. The Morgan fingerprint density at radius 3 is 2.67 bits per heavy atom. The number of nitrogens with one attached hydrogen (secondary N) is 1. The van der Waals surface area contributed by atoms with Gasteiger partial charge >= 0.3 is 0 Å². The summed E-state index contributed by atoms with van der Waals surface area (Å²) in [6, 6.07) is 9.53. The van der Waals surface area contributed by atoms with Gasteiger partial charge in [-0.25, -0.2) is 0 Å². The van der Waals surface area contributed by atoms with E-state index < -0.39 is 0 Å². The highest BCUT2D eigenvalue weighted by Gasteiger charge is 2.10. The third-order valence-electron chi connectivity index (χ3n) is 2.55. The standard InChI is InChI=1S/C12H13NO2/c1-13-11-6-8-4-2-3-5-9(8)10(7-14)12(11)15/h2-6,13-15H,7H2,1H3. The molecule has 2 aromatic carbocycles. The molecule has 3 N–H and O–H groups in total. The molecule has 0 spiro atoms. The molecular weight excluding hydrogens is 190 g/mol. The van der Waals surface area contributed by atoms with E-state index in [1.807, 2.05) is 30.3 Å². The van der Waals surface area contributed by atoms with E-state index in [9.17, 15) is 10.2 Å². The lowest BCUT2D eigenvalue weighted by Gasteiger charge is -2.11. The number of rotatable bonds is 2. The third kappa shape index (κ3) is 1.51. The fraction of sp³-hybridized carbons (Fsp3) is 0.167. The topological polar surface area (TPSA) is 52.5 Å². The van der Waals surface area contributed by atoms with E-state index in [-0.39, 0.29) is 12.4 Å². The molecule has 15 heavy (non-hydrogen) atoms. The molecule has 0 aliphatic heterocycles. The summed E-state index contributed by atoms with van der Waals surface area (Å²) in [5, 5.41) is 23.9. The lowest BCUT2D eigenvalue weighted by molar-refractivity contribution is 0.277. The van der Waals surface area contributed by atoms with E-state index in [2.05, 4.69) is 5.32 Å². The number of phenols is 1. The number of aliphatic hydroxyl groups excluding tert-OH is 1. The van der Waals surface area contributed by atoms with Gasteiger partial charge in [-0.05, 0) is 16.8 Å². The zero-order valence-electron chi connectivity index (χ0n) is 8.49. The van der Waals surface area contributed by atoms with Crippen LogP contribution in [0, 0.1) is 0 Å². The first kappa shape index (κ1) is 9.80. The van der Waals surface area contributed by atoms with Gasteiger partial charge in [0, 0.05) is 12.6 Å². The lowest BCUT2D eigenvalue weighted by Crippen LogP contribution is -1.94. The Bertz CT molecular complexity index is 494. The monoisotopic (exact) mass is 203 g/mol. The van der Waals surface area contributed by atoms with Gasteiger partial charge < -0.3 is 15.5 Å². The first-order valence-corrected chi connectivity index (χ1v) is 4.80. The maximum atomic E-state index is 9.86. The van der Waals surface area contributed by atoms with Gasteiger partial charge in [-0.15, -0.1) is 0 Å². The molecule has 0 aromatic heterocycles. The smallest absolute Gasteiger partial charge is 0.144 e. The molecule has 3 heteroatoms. The van der Waals surface area contributed by atoms with Crippen molar-refractivity contribution in [1.29, 1.82) is 0 Å². The predicted molar refractivity (Wildman–Crippen MR) is 61.1 cm³/mol. The Morgan fingerprint density at radius 2 is 2.00 bits per heavy atom. The highest BCUT2D eigenvalue weighted by atomic mass is 16.3. The normalized spacial score (nSPS) is 10.5. The van der Waals surface area contributed by atoms with Gasteiger partial charge in [0.15, 0.2) is 0 Å². The predicted octanol–water partition coefficient (Wildman–Crippen LogP) is 2.08. The van der Waals surface area contributed by atoms with Crippen molar-refractivity contribution in [2.24, 2.45) is 0 Å². The van der Waals surface area contributed by atoms with Crippen LogP contribution in [0.5, 0.6) is 5.75 Å². The van der Waals surface area contributed by atoms with E-state index in [1.165, 1.54) is 0 Å². The van der Waals surface area contributed by atoms with Crippen molar-refractivity contribution in [2.45, 2.75) is 6.61 Å². The van der Waals surface area contributed by atoms with Gasteiger partial charge in [-0.1, -0.05) is 24.3 Å². The molecule has 3 nitrogen and oxygen atoms in total. The largest absolute Gasteiger partial charge is 0.505 e. The average molecular weight is 203 g/mol. The molecule has 0 aliphatic rings. The Labute approximate surface area is 88.0 Å². The van der Waals surface area contributed by atoms with Crippen molar-refractivity contribution in [3.8, 4) is 5.75 Å². The van der Waals surface area contributed by atoms with Crippen LogP contribution in [0.15, 0.2) is 30.3 Å². The highest BCUT2D eigenvalue weighted by molar-refractivity contribution is 5.92. The molecule has 78 valence electrons. The van der Waals surface area contributed by atoms with Crippen LogP contribution < -0.4 is 5.32 Å². The molecule has 2 aromatic rings. The summed E-state index contributed by atoms with van der Waals surface area (Å²) in [7, 11) is 1.74. The second-order valence-corrected chi connectivity index (χ2v) is 3.38. The molecule has 0 bridgehead atoms. The van der Waals surface area contributed by atoms with Crippen LogP contribution >= 0.6 is 0 Å². The Kier molecular flexibility index (Phi) is 2.47. The molecule has 0 atom stereocenters.